The maximum atomic E-state index is 5.46. The smallest absolute Gasteiger partial charge is 0.0890 e. The summed E-state index contributed by atoms with van der Waals surface area (Å²) in [6.45, 7) is 0.477. The fourth-order valence-corrected chi connectivity index (χ4v) is 1.11. The van der Waals surface area contributed by atoms with Crippen LogP contribution in [-0.2, 0) is 6.54 Å². The monoisotopic (exact) mass is 159 g/mol. The van der Waals surface area contributed by atoms with Crippen LogP contribution in [0.3, 0.4) is 0 Å². The van der Waals surface area contributed by atoms with Gasteiger partial charge >= 0.3 is 0 Å². The third kappa shape index (κ3) is 1.14. The minimum Gasteiger partial charge on any atom is -0.325 e. The van der Waals surface area contributed by atoms with Crippen molar-refractivity contribution in [3.8, 4) is 0 Å². The normalized spacial score (nSPS) is 10.4. The molecule has 3 heteroatoms. The van der Waals surface area contributed by atoms with Crippen LogP contribution in [0.2, 0.25) is 0 Å². The highest BCUT2D eigenvalue weighted by atomic mass is 14.8. The number of nitrogens with zero attached hydrogens (tertiary/aromatic N) is 2. The van der Waals surface area contributed by atoms with Crippen LogP contribution in [0.25, 0.3) is 11.0 Å². The second-order valence-corrected chi connectivity index (χ2v) is 2.55. The molecule has 0 aromatic carbocycles. The van der Waals surface area contributed by atoms with E-state index in [0.717, 1.165) is 16.7 Å². The predicted molar refractivity (Wildman–Crippen MR) is 47.4 cm³/mol. The van der Waals surface area contributed by atoms with Gasteiger partial charge in [-0.1, -0.05) is 0 Å². The van der Waals surface area contributed by atoms with Crippen molar-refractivity contribution >= 4 is 11.0 Å². The van der Waals surface area contributed by atoms with E-state index in [4.69, 9.17) is 5.73 Å². The number of nitrogens with two attached hydrogens (primary N) is 1. The minimum absolute atomic E-state index is 0.477. The second kappa shape index (κ2) is 2.87. The van der Waals surface area contributed by atoms with E-state index in [-0.39, 0.29) is 0 Å². The molecule has 12 heavy (non-hydrogen) atoms. The number of hydrogen-bond acceptors (Lipinski definition) is 3. The molecule has 0 aliphatic rings. The Kier molecular flexibility index (Phi) is 1.72. The van der Waals surface area contributed by atoms with Gasteiger partial charge in [-0.2, -0.15) is 0 Å². The largest absolute Gasteiger partial charge is 0.325 e. The van der Waals surface area contributed by atoms with Gasteiger partial charge in [-0.15, -0.1) is 0 Å². The second-order valence-electron chi connectivity index (χ2n) is 2.55. The molecular weight excluding hydrogens is 150 g/mol. The van der Waals surface area contributed by atoms with E-state index in [0.29, 0.717) is 6.54 Å². The highest BCUT2D eigenvalue weighted by Crippen LogP contribution is 2.07. The summed E-state index contributed by atoms with van der Waals surface area (Å²) in [6, 6.07) is 7.64. The maximum Gasteiger partial charge on any atom is 0.0890 e. The summed E-state index contributed by atoms with van der Waals surface area (Å²) in [5.41, 5.74) is 8.17. The molecule has 60 valence electrons. The lowest BCUT2D eigenvalue weighted by molar-refractivity contribution is 1.00. The minimum atomic E-state index is 0.477. The molecule has 2 rings (SSSR count). The third-order valence-corrected chi connectivity index (χ3v) is 1.72. The van der Waals surface area contributed by atoms with Crippen molar-refractivity contribution in [1.82, 2.24) is 9.97 Å². The lowest BCUT2D eigenvalue weighted by Crippen LogP contribution is -1.99. The van der Waals surface area contributed by atoms with Gasteiger partial charge in [0, 0.05) is 12.7 Å². The Hall–Kier alpha value is -1.48. The van der Waals surface area contributed by atoms with E-state index in [1.165, 1.54) is 0 Å². The Morgan fingerprint density at radius 3 is 2.92 bits per heavy atom. The molecule has 0 saturated heterocycles. The molecule has 2 N–H and O–H groups in total. The molecular formula is C9H9N3. The Balaban J connectivity index is 2.67. The van der Waals surface area contributed by atoms with E-state index in [1.807, 2.05) is 24.3 Å². The first-order valence-electron chi connectivity index (χ1n) is 3.81. The van der Waals surface area contributed by atoms with Crippen molar-refractivity contribution in [2.75, 3.05) is 0 Å². The molecule has 0 bridgehead atoms. The SMILES string of the molecule is NCc1ccc2ncccc2n1. The first-order valence-corrected chi connectivity index (χ1v) is 3.81. The molecule has 3 nitrogen and oxygen atoms in total. The van der Waals surface area contributed by atoms with Crippen molar-refractivity contribution in [1.29, 1.82) is 0 Å². The number of rotatable bonds is 1. The van der Waals surface area contributed by atoms with Crippen LogP contribution >= 0.6 is 0 Å². The first-order chi connectivity index (χ1) is 5.90. The Morgan fingerprint density at radius 2 is 2.08 bits per heavy atom. The summed E-state index contributed by atoms with van der Waals surface area (Å²) in [5, 5.41) is 0. The molecule has 0 spiro atoms. The summed E-state index contributed by atoms with van der Waals surface area (Å²) in [7, 11) is 0. The van der Waals surface area contributed by atoms with Crippen molar-refractivity contribution in [2.24, 2.45) is 5.73 Å². The summed E-state index contributed by atoms with van der Waals surface area (Å²) in [5.74, 6) is 0. The van der Waals surface area contributed by atoms with E-state index in [2.05, 4.69) is 9.97 Å². The van der Waals surface area contributed by atoms with E-state index in [9.17, 15) is 0 Å². The van der Waals surface area contributed by atoms with Gasteiger partial charge in [0.1, 0.15) is 0 Å². The lowest BCUT2D eigenvalue weighted by atomic mass is 10.3. The Bertz CT molecular complexity index is 398. The van der Waals surface area contributed by atoms with Crippen LogP contribution in [0, 0.1) is 0 Å². The number of hydrogen-bond donors (Lipinski definition) is 1. The quantitative estimate of drug-likeness (QED) is 0.677. The highest BCUT2D eigenvalue weighted by Gasteiger charge is 1.95. The molecule has 0 unspecified atom stereocenters. The third-order valence-electron chi connectivity index (χ3n) is 1.72. The molecule has 2 aromatic heterocycles. The zero-order chi connectivity index (χ0) is 8.39. The van der Waals surface area contributed by atoms with E-state index < -0.39 is 0 Å². The molecule has 0 aliphatic heterocycles. The average Bonchev–Trinajstić information content (AvgIpc) is 2.17. The molecule has 2 aromatic rings. The number of fused-ring (bicyclic) bond motifs is 1. The van der Waals surface area contributed by atoms with Gasteiger partial charge in [0.05, 0.1) is 16.7 Å². The van der Waals surface area contributed by atoms with Crippen LogP contribution < -0.4 is 5.73 Å². The molecule has 0 aliphatic carbocycles. The van der Waals surface area contributed by atoms with Gasteiger partial charge in [0.15, 0.2) is 0 Å². The molecule has 0 amide bonds. The summed E-state index contributed by atoms with van der Waals surface area (Å²) in [4.78, 5) is 8.46. The van der Waals surface area contributed by atoms with Crippen molar-refractivity contribution in [3.63, 3.8) is 0 Å². The summed E-state index contributed by atoms with van der Waals surface area (Å²) in [6.07, 6.45) is 1.76. The Labute approximate surface area is 70.3 Å². The van der Waals surface area contributed by atoms with Gasteiger partial charge in [-0.05, 0) is 24.3 Å². The van der Waals surface area contributed by atoms with Crippen molar-refractivity contribution in [2.45, 2.75) is 6.54 Å². The van der Waals surface area contributed by atoms with Crippen molar-refractivity contribution < 1.29 is 0 Å². The van der Waals surface area contributed by atoms with Crippen LogP contribution in [0.15, 0.2) is 30.5 Å². The van der Waals surface area contributed by atoms with Gasteiger partial charge in [-0.25, -0.2) is 4.98 Å². The highest BCUT2D eigenvalue weighted by molar-refractivity contribution is 5.73. The van der Waals surface area contributed by atoms with Gasteiger partial charge in [0.25, 0.3) is 0 Å². The number of pyridine rings is 2. The fourth-order valence-electron chi connectivity index (χ4n) is 1.11. The fraction of sp³-hybridized carbons (Fsp3) is 0.111. The van der Waals surface area contributed by atoms with Crippen LogP contribution in [0.1, 0.15) is 5.69 Å². The van der Waals surface area contributed by atoms with Gasteiger partial charge < -0.3 is 5.73 Å². The first kappa shape index (κ1) is 7.18. The predicted octanol–water partition coefficient (Wildman–Crippen LogP) is 1.09. The Morgan fingerprint density at radius 1 is 1.17 bits per heavy atom. The maximum absolute atomic E-state index is 5.46. The van der Waals surface area contributed by atoms with Crippen LogP contribution in [0.4, 0.5) is 0 Å². The molecule has 0 fully saturated rings. The zero-order valence-corrected chi connectivity index (χ0v) is 6.57. The molecule has 0 radical (unpaired) electrons. The summed E-state index contributed by atoms with van der Waals surface area (Å²) < 4.78 is 0. The van der Waals surface area contributed by atoms with Crippen LogP contribution in [-0.4, -0.2) is 9.97 Å². The number of aromatic nitrogens is 2. The molecule has 0 saturated carbocycles. The van der Waals surface area contributed by atoms with E-state index >= 15 is 0 Å². The lowest BCUT2D eigenvalue weighted by Gasteiger charge is -1.97. The van der Waals surface area contributed by atoms with Crippen LogP contribution in [0.5, 0.6) is 0 Å². The van der Waals surface area contributed by atoms with Gasteiger partial charge in [-0.3, -0.25) is 4.98 Å². The molecule has 0 atom stereocenters. The zero-order valence-electron chi connectivity index (χ0n) is 6.57. The average molecular weight is 159 g/mol. The van der Waals surface area contributed by atoms with Crippen molar-refractivity contribution in [3.05, 3.63) is 36.2 Å². The van der Waals surface area contributed by atoms with Gasteiger partial charge in [0.2, 0.25) is 0 Å². The molecule has 2 heterocycles. The van der Waals surface area contributed by atoms with E-state index in [1.54, 1.807) is 6.20 Å². The topological polar surface area (TPSA) is 51.8 Å². The standard InChI is InChI=1S/C9H9N3/c10-6-7-3-4-8-9(12-7)2-1-5-11-8/h1-5H,6,10H2. The summed E-state index contributed by atoms with van der Waals surface area (Å²) >= 11 is 0.